The first-order valence-corrected chi connectivity index (χ1v) is 12.2. The second kappa shape index (κ2) is 7.55. The van der Waals surface area contributed by atoms with Gasteiger partial charge >= 0.3 is 0 Å². The highest BCUT2D eigenvalue weighted by Gasteiger charge is 2.46. The van der Waals surface area contributed by atoms with Crippen LogP contribution in [-0.2, 0) is 0 Å². The smallest absolute Gasteiger partial charge is 0.277 e. The summed E-state index contributed by atoms with van der Waals surface area (Å²) < 4.78 is 2.54. The topological polar surface area (TPSA) is 48.1 Å². The number of benzene rings is 2. The van der Waals surface area contributed by atoms with E-state index in [4.69, 9.17) is 0 Å². The first kappa shape index (κ1) is 20.3. The molecule has 0 atom stereocenters. The molecule has 0 unspecified atom stereocenters. The summed E-state index contributed by atoms with van der Waals surface area (Å²) in [6, 6.07) is 15.4. The van der Waals surface area contributed by atoms with Crippen molar-refractivity contribution in [1.29, 1.82) is 0 Å². The minimum Gasteiger partial charge on any atom is -0.373 e. The number of hydrogen-bond donors (Lipinski definition) is 0. The van der Waals surface area contributed by atoms with Crippen molar-refractivity contribution in [2.24, 2.45) is 0 Å². The number of nitro groups is 1. The lowest BCUT2D eigenvalue weighted by Gasteiger charge is -2.44. The van der Waals surface area contributed by atoms with Gasteiger partial charge in [-0.15, -0.1) is 0 Å². The molecular formula is C23H30N2O2Si. The van der Waals surface area contributed by atoms with E-state index < -0.39 is 8.24 Å². The molecule has 0 amide bonds. The molecule has 3 aromatic rings. The molecule has 0 bridgehead atoms. The molecular weight excluding hydrogens is 364 g/mol. The zero-order valence-electron chi connectivity index (χ0n) is 17.6. The van der Waals surface area contributed by atoms with E-state index in [1.54, 1.807) is 12.1 Å². The van der Waals surface area contributed by atoms with Crippen LogP contribution in [0.15, 0.2) is 54.7 Å². The van der Waals surface area contributed by atoms with Gasteiger partial charge in [-0.05, 0) is 28.8 Å². The molecule has 0 aliphatic heterocycles. The lowest BCUT2D eigenvalue weighted by Crippen LogP contribution is -2.51. The van der Waals surface area contributed by atoms with E-state index in [9.17, 15) is 10.1 Å². The minimum atomic E-state index is -1.98. The van der Waals surface area contributed by atoms with Crippen molar-refractivity contribution in [3.8, 4) is 11.1 Å². The molecule has 1 aromatic heterocycles. The highest BCUT2D eigenvalue weighted by molar-refractivity contribution is 6.82. The van der Waals surface area contributed by atoms with Crippen LogP contribution >= 0.6 is 0 Å². The minimum absolute atomic E-state index is 0.163. The molecule has 0 saturated carbocycles. The monoisotopic (exact) mass is 394 g/mol. The fourth-order valence-corrected chi connectivity index (χ4v) is 12.0. The Kier molecular flexibility index (Phi) is 5.48. The Bertz CT molecular complexity index is 983. The van der Waals surface area contributed by atoms with Crippen LogP contribution in [0.25, 0.3) is 22.0 Å². The van der Waals surface area contributed by atoms with Crippen LogP contribution in [0.1, 0.15) is 41.5 Å². The summed E-state index contributed by atoms with van der Waals surface area (Å²) in [4.78, 5) is 11.4. The Morgan fingerprint density at radius 1 is 0.821 bits per heavy atom. The van der Waals surface area contributed by atoms with Crippen molar-refractivity contribution in [1.82, 2.24) is 4.23 Å². The molecule has 1 heterocycles. The first-order chi connectivity index (χ1) is 13.2. The fourth-order valence-electron chi connectivity index (χ4n) is 5.41. The number of nitro benzene ring substituents is 1. The number of nitrogens with zero attached hydrogens (tertiary/aromatic N) is 2. The van der Waals surface area contributed by atoms with Gasteiger partial charge in [-0.3, -0.25) is 10.1 Å². The number of aromatic nitrogens is 1. The largest absolute Gasteiger partial charge is 0.373 e. The van der Waals surface area contributed by atoms with Crippen molar-refractivity contribution >= 4 is 24.8 Å². The summed E-state index contributed by atoms with van der Waals surface area (Å²) in [5, 5.41) is 12.8. The van der Waals surface area contributed by atoms with Crippen molar-refractivity contribution in [2.45, 2.75) is 58.2 Å². The molecule has 0 saturated heterocycles. The Morgan fingerprint density at radius 3 is 1.93 bits per heavy atom. The number of hydrogen-bond acceptors (Lipinski definition) is 2. The quantitative estimate of drug-likeness (QED) is 0.251. The molecule has 4 nitrogen and oxygen atoms in total. The van der Waals surface area contributed by atoms with E-state index in [1.165, 1.54) is 5.52 Å². The fraction of sp³-hybridized carbons (Fsp3) is 0.391. The van der Waals surface area contributed by atoms with Gasteiger partial charge in [-0.25, -0.2) is 0 Å². The summed E-state index contributed by atoms with van der Waals surface area (Å²) in [6.45, 7) is 14.0. The van der Waals surface area contributed by atoms with Crippen LogP contribution in [0.3, 0.4) is 0 Å². The van der Waals surface area contributed by atoms with Gasteiger partial charge < -0.3 is 4.23 Å². The van der Waals surface area contributed by atoms with Crippen LogP contribution in [0.5, 0.6) is 0 Å². The lowest BCUT2D eigenvalue weighted by atomic mass is 10.0. The lowest BCUT2D eigenvalue weighted by molar-refractivity contribution is -0.384. The standard InChI is InChI=1S/C23H30N2O2Si/c1-16(2)28(17(3)4,18(5)6)24-15-21(19-11-7-9-13-22(19)24)20-12-8-10-14-23(20)25(26)27/h7-18H,1-6H3. The van der Waals surface area contributed by atoms with Crippen LogP contribution in [0.4, 0.5) is 5.69 Å². The van der Waals surface area contributed by atoms with E-state index in [1.807, 2.05) is 18.2 Å². The molecule has 2 aromatic carbocycles. The molecule has 0 spiro atoms. The predicted molar refractivity (Wildman–Crippen MR) is 120 cm³/mol. The second-order valence-electron chi connectivity index (χ2n) is 8.56. The Hall–Kier alpha value is -2.40. The third-order valence-corrected chi connectivity index (χ3v) is 13.0. The Morgan fingerprint density at radius 2 is 1.36 bits per heavy atom. The average molecular weight is 395 g/mol. The molecule has 0 aliphatic rings. The van der Waals surface area contributed by atoms with Gasteiger partial charge in [0.05, 0.1) is 10.5 Å². The van der Waals surface area contributed by atoms with Crippen molar-refractivity contribution in [2.75, 3.05) is 0 Å². The Balaban J connectivity index is 2.42. The summed E-state index contributed by atoms with van der Waals surface area (Å²) >= 11 is 0. The van der Waals surface area contributed by atoms with E-state index in [0.29, 0.717) is 22.2 Å². The van der Waals surface area contributed by atoms with Crippen molar-refractivity contribution in [3.05, 3.63) is 64.8 Å². The van der Waals surface area contributed by atoms with E-state index in [-0.39, 0.29) is 10.6 Å². The second-order valence-corrected chi connectivity index (χ2v) is 14.3. The van der Waals surface area contributed by atoms with Crippen LogP contribution in [-0.4, -0.2) is 17.4 Å². The third-order valence-electron chi connectivity index (χ3n) is 6.29. The molecule has 3 rings (SSSR count). The summed E-state index contributed by atoms with van der Waals surface area (Å²) in [5.41, 5.74) is 4.64. The third kappa shape index (κ3) is 2.98. The van der Waals surface area contributed by atoms with Crippen LogP contribution in [0.2, 0.25) is 16.6 Å². The summed E-state index contributed by atoms with van der Waals surface area (Å²) in [5.74, 6) is 0. The van der Waals surface area contributed by atoms with E-state index in [0.717, 1.165) is 10.9 Å². The first-order valence-electron chi connectivity index (χ1n) is 10.1. The zero-order chi connectivity index (χ0) is 20.6. The van der Waals surface area contributed by atoms with Crippen molar-refractivity contribution < 1.29 is 4.92 Å². The van der Waals surface area contributed by atoms with E-state index >= 15 is 0 Å². The zero-order valence-corrected chi connectivity index (χ0v) is 18.6. The normalized spacial score (nSPS) is 12.5. The molecule has 5 heteroatoms. The number of rotatable bonds is 6. The van der Waals surface area contributed by atoms with Gasteiger partial charge in [0.25, 0.3) is 5.69 Å². The number of para-hydroxylation sites is 2. The van der Waals surface area contributed by atoms with Gasteiger partial charge in [0.15, 0.2) is 8.24 Å². The van der Waals surface area contributed by atoms with Gasteiger partial charge in [0, 0.05) is 28.7 Å². The SMILES string of the molecule is CC(C)[Si](C(C)C)(C(C)C)n1cc(-c2ccccc2[N+](=O)[O-])c2ccccc21. The molecule has 0 fully saturated rings. The summed E-state index contributed by atoms with van der Waals surface area (Å²) in [6.07, 6.45) is 2.21. The highest BCUT2D eigenvalue weighted by Crippen LogP contribution is 2.46. The molecule has 0 aliphatic carbocycles. The summed E-state index contributed by atoms with van der Waals surface area (Å²) in [7, 11) is -1.98. The number of fused-ring (bicyclic) bond motifs is 1. The highest BCUT2D eigenvalue weighted by atomic mass is 28.3. The Labute approximate surface area is 168 Å². The van der Waals surface area contributed by atoms with Gasteiger partial charge in [-0.2, -0.15) is 0 Å². The predicted octanol–water partition coefficient (Wildman–Crippen LogP) is 7.24. The van der Waals surface area contributed by atoms with E-state index in [2.05, 4.69) is 70.2 Å². The van der Waals surface area contributed by atoms with Gasteiger partial charge in [0.1, 0.15) is 0 Å². The van der Waals surface area contributed by atoms with Crippen LogP contribution in [0, 0.1) is 10.1 Å². The molecule has 0 radical (unpaired) electrons. The maximum atomic E-state index is 11.7. The average Bonchev–Trinajstić information content (AvgIpc) is 3.01. The van der Waals surface area contributed by atoms with Gasteiger partial charge in [0.2, 0.25) is 0 Å². The maximum Gasteiger partial charge on any atom is 0.277 e. The van der Waals surface area contributed by atoms with Crippen LogP contribution < -0.4 is 0 Å². The molecule has 28 heavy (non-hydrogen) atoms. The van der Waals surface area contributed by atoms with Crippen molar-refractivity contribution in [3.63, 3.8) is 0 Å². The van der Waals surface area contributed by atoms with Gasteiger partial charge in [-0.1, -0.05) is 71.9 Å². The maximum absolute atomic E-state index is 11.7. The molecule has 148 valence electrons. The molecule has 0 N–H and O–H groups in total.